The summed E-state index contributed by atoms with van der Waals surface area (Å²) < 4.78 is 5.26. The van der Waals surface area contributed by atoms with Crippen molar-refractivity contribution in [1.82, 2.24) is 14.9 Å². The fraction of sp³-hybridized carbons (Fsp3) is 0.667. The van der Waals surface area contributed by atoms with Gasteiger partial charge in [-0.2, -0.15) is 0 Å². The maximum absolute atomic E-state index is 10.4. The van der Waals surface area contributed by atoms with E-state index in [9.17, 15) is 5.11 Å². The molecule has 1 aromatic rings. The molecular formula is C12H19N3O2. The third-order valence-electron chi connectivity index (χ3n) is 3.04. The average molecular weight is 237 g/mol. The number of hydrogen-bond donors (Lipinski definition) is 1. The van der Waals surface area contributed by atoms with Crippen LogP contribution >= 0.6 is 0 Å². The van der Waals surface area contributed by atoms with Crippen molar-refractivity contribution in [3.05, 3.63) is 24.3 Å². The second kappa shape index (κ2) is 5.53. The SMILES string of the molecule is CN(Cc1cnccn1)CC1(O)CCOCC1. The lowest BCUT2D eigenvalue weighted by molar-refractivity contribution is -0.0778. The predicted molar refractivity (Wildman–Crippen MR) is 63.4 cm³/mol. The second-order valence-electron chi connectivity index (χ2n) is 4.71. The van der Waals surface area contributed by atoms with Crippen molar-refractivity contribution in [2.24, 2.45) is 0 Å². The Morgan fingerprint density at radius 3 is 2.82 bits per heavy atom. The molecule has 2 heterocycles. The van der Waals surface area contributed by atoms with Gasteiger partial charge in [0.15, 0.2) is 0 Å². The molecule has 1 saturated heterocycles. The summed E-state index contributed by atoms with van der Waals surface area (Å²) in [5.41, 5.74) is 0.306. The van der Waals surface area contributed by atoms with E-state index in [0.717, 1.165) is 5.69 Å². The van der Waals surface area contributed by atoms with Gasteiger partial charge in [0.1, 0.15) is 0 Å². The van der Waals surface area contributed by atoms with Gasteiger partial charge in [0, 0.05) is 57.7 Å². The molecule has 1 N–H and O–H groups in total. The topological polar surface area (TPSA) is 58.5 Å². The van der Waals surface area contributed by atoms with Crippen molar-refractivity contribution in [2.45, 2.75) is 25.0 Å². The first kappa shape index (κ1) is 12.4. The number of nitrogens with zero attached hydrogens (tertiary/aromatic N) is 3. The normalized spacial score (nSPS) is 19.5. The van der Waals surface area contributed by atoms with E-state index >= 15 is 0 Å². The van der Waals surface area contributed by atoms with Crippen molar-refractivity contribution in [3.8, 4) is 0 Å². The Morgan fingerprint density at radius 2 is 2.18 bits per heavy atom. The highest BCUT2D eigenvalue weighted by Gasteiger charge is 2.30. The Bertz CT molecular complexity index is 339. The molecule has 0 amide bonds. The molecular weight excluding hydrogens is 218 g/mol. The van der Waals surface area contributed by atoms with Gasteiger partial charge >= 0.3 is 0 Å². The maximum Gasteiger partial charge on any atom is 0.0817 e. The Kier molecular flexibility index (Phi) is 4.04. The summed E-state index contributed by atoms with van der Waals surface area (Å²) in [7, 11) is 1.99. The van der Waals surface area contributed by atoms with Crippen LogP contribution < -0.4 is 0 Å². The molecule has 0 unspecified atom stereocenters. The molecule has 1 aliphatic heterocycles. The quantitative estimate of drug-likeness (QED) is 0.824. The zero-order chi connectivity index (χ0) is 12.1. The maximum atomic E-state index is 10.4. The van der Waals surface area contributed by atoms with Gasteiger partial charge in [0.25, 0.3) is 0 Å². The van der Waals surface area contributed by atoms with Gasteiger partial charge in [-0.3, -0.25) is 14.9 Å². The van der Waals surface area contributed by atoms with Crippen LogP contribution in [0.2, 0.25) is 0 Å². The lowest BCUT2D eigenvalue weighted by Crippen LogP contribution is -2.45. The van der Waals surface area contributed by atoms with Crippen molar-refractivity contribution in [2.75, 3.05) is 26.8 Å². The number of rotatable bonds is 4. The smallest absolute Gasteiger partial charge is 0.0817 e. The van der Waals surface area contributed by atoms with E-state index in [2.05, 4.69) is 14.9 Å². The van der Waals surface area contributed by atoms with Gasteiger partial charge in [0.2, 0.25) is 0 Å². The van der Waals surface area contributed by atoms with Crippen LogP contribution in [0.4, 0.5) is 0 Å². The van der Waals surface area contributed by atoms with Gasteiger partial charge in [-0.25, -0.2) is 0 Å². The van der Waals surface area contributed by atoms with Crippen LogP contribution in [0.5, 0.6) is 0 Å². The molecule has 2 rings (SSSR count). The second-order valence-corrected chi connectivity index (χ2v) is 4.71. The Hall–Kier alpha value is -1.04. The first-order valence-electron chi connectivity index (χ1n) is 5.92. The lowest BCUT2D eigenvalue weighted by Gasteiger charge is -2.35. The summed E-state index contributed by atoms with van der Waals surface area (Å²) in [5, 5.41) is 10.4. The molecule has 0 radical (unpaired) electrons. The van der Waals surface area contributed by atoms with E-state index in [1.165, 1.54) is 0 Å². The third kappa shape index (κ3) is 3.73. The standard InChI is InChI=1S/C12H19N3O2/c1-15(9-11-8-13-4-5-14-11)10-12(16)2-6-17-7-3-12/h4-5,8,16H,2-3,6-7,9-10H2,1H3. The van der Waals surface area contributed by atoms with Gasteiger partial charge in [-0.1, -0.05) is 0 Å². The summed E-state index contributed by atoms with van der Waals surface area (Å²) in [5.74, 6) is 0. The monoisotopic (exact) mass is 237 g/mol. The van der Waals surface area contributed by atoms with Crippen molar-refractivity contribution < 1.29 is 9.84 Å². The minimum atomic E-state index is -0.616. The third-order valence-corrected chi connectivity index (χ3v) is 3.04. The van der Waals surface area contributed by atoms with E-state index in [4.69, 9.17) is 4.74 Å². The Balaban J connectivity index is 1.86. The Morgan fingerprint density at radius 1 is 1.41 bits per heavy atom. The largest absolute Gasteiger partial charge is 0.388 e. The predicted octanol–water partition coefficient (Wildman–Crippen LogP) is 0.450. The van der Waals surface area contributed by atoms with E-state index < -0.39 is 5.60 Å². The van der Waals surface area contributed by atoms with E-state index in [0.29, 0.717) is 39.1 Å². The van der Waals surface area contributed by atoms with Crippen LogP contribution in [0.15, 0.2) is 18.6 Å². The molecule has 0 aliphatic carbocycles. The summed E-state index contributed by atoms with van der Waals surface area (Å²) in [6.07, 6.45) is 6.52. The molecule has 94 valence electrons. The lowest BCUT2D eigenvalue weighted by atomic mass is 9.94. The molecule has 1 aliphatic rings. The molecule has 0 atom stereocenters. The highest BCUT2D eigenvalue weighted by Crippen LogP contribution is 2.21. The van der Waals surface area contributed by atoms with Gasteiger partial charge in [0.05, 0.1) is 11.3 Å². The minimum absolute atomic E-state index is 0.616. The molecule has 0 aromatic carbocycles. The number of hydrogen-bond acceptors (Lipinski definition) is 5. The van der Waals surface area contributed by atoms with Crippen LogP contribution in [0.25, 0.3) is 0 Å². The van der Waals surface area contributed by atoms with E-state index in [1.807, 2.05) is 7.05 Å². The molecule has 0 saturated carbocycles. The van der Waals surface area contributed by atoms with Gasteiger partial charge in [-0.15, -0.1) is 0 Å². The number of ether oxygens (including phenoxy) is 1. The van der Waals surface area contributed by atoms with Crippen molar-refractivity contribution >= 4 is 0 Å². The van der Waals surface area contributed by atoms with E-state index in [1.54, 1.807) is 18.6 Å². The molecule has 1 aromatic heterocycles. The van der Waals surface area contributed by atoms with Crippen LogP contribution in [0.1, 0.15) is 18.5 Å². The Labute approximate surface area is 101 Å². The summed E-state index contributed by atoms with van der Waals surface area (Å²) >= 11 is 0. The van der Waals surface area contributed by atoms with Gasteiger partial charge < -0.3 is 9.84 Å². The number of likely N-dealkylation sites (N-methyl/N-ethyl adjacent to an activating group) is 1. The average Bonchev–Trinajstić information content (AvgIpc) is 2.30. The fourth-order valence-electron chi connectivity index (χ4n) is 2.16. The van der Waals surface area contributed by atoms with Crippen LogP contribution in [-0.2, 0) is 11.3 Å². The molecule has 5 heteroatoms. The highest BCUT2D eigenvalue weighted by molar-refractivity contribution is 4.95. The number of aromatic nitrogens is 2. The molecule has 1 fully saturated rings. The fourth-order valence-corrected chi connectivity index (χ4v) is 2.16. The minimum Gasteiger partial charge on any atom is -0.388 e. The summed E-state index contributed by atoms with van der Waals surface area (Å²) in [6, 6.07) is 0. The van der Waals surface area contributed by atoms with Gasteiger partial charge in [-0.05, 0) is 7.05 Å². The van der Waals surface area contributed by atoms with Crippen molar-refractivity contribution in [1.29, 1.82) is 0 Å². The first-order chi connectivity index (χ1) is 8.18. The number of aliphatic hydroxyl groups is 1. The summed E-state index contributed by atoms with van der Waals surface area (Å²) in [6.45, 7) is 2.65. The first-order valence-corrected chi connectivity index (χ1v) is 5.92. The van der Waals surface area contributed by atoms with Crippen LogP contribution in [0.3, 0.4) is 0 Å². The highest BCUT2D eigenvalue weighted by atomic mass is 16.5. The molecule has 17 heavy (non-hydrogen) atoms. The zero-order valence-electron chi connectivity index (χ0n) is 10.2. The summed E-state index contributed by atoms with van der Waals surface area (Å²) in [4.78, 5) is 10.3. The molecule has 0 spiro atoms. The van der Waals surface area contributed by atoms with Crippen molar-refractivity contribution in [3.63, 3.8) is 0 Å². The van der Waals surface area contributed by atoms with Crippen LogP contribution in [-0.4, -0.2) is 52.4 Å². The molecule has 5 nitrogen and oxygen atoms in total. The zero-order valence-corrected chi connectivity index (χ0v) is 10.2. The van der Waals surface area contributed by atoms with Crippen LogP contribution in [0, 0.1) is 0 Å². The molecule has 0 bridgehead atoms. The van der Waals surface area contributed by atoms with E-state index in [-0.39, 0.29) is 0 Å².